The highest BCUT2D eigenvalue weighted by Crippen LogP contribution is 2.44. The summed E-state index contributed by atoms with van der Waals surface area (Å²) in [6.07, 6.45) is 5.45. The van der Waals surface area contributed by atoms with Gasteiger partial charge < -0.3 is 20.5 Å². The molecule has 3 rings (SSSR count). The Balaban J connectivity index is 1.26. The highest BCUT2D eigenvalue weighted by Gasteiger charge is 2.28. The molecule has 0 fully saturated rings. The lowest BCUT2D eigenvalue weighted by Crippen LogP contribution is -2.40. The molecule has 0 bridgehead atoms. The van der Waals surface area contributed by atoms with E-state index >= 15 is 0 Å². The number of rotatable bonds is 14. The van der Waals surface area contributed by atoms with Crippen molar-refractivity contribution < 1.29 is 24.2 Å². The van der Waals surface area contributed by atoms with Gasteiger partial charge in [0.25, 0.3) is 0 Å². The lowest BCUT2D eigenvalue weighted by Gasteiger charge is -2.14. The summed E-state index contributed by atoms with van der Waals surface area (Å²) in [7, 11) is 0. The SMILES string of the molecule is CCC[C@@H](NC(=O)CCCCCCCNC(=O)OCC1c2ccccc2-c2ccccc21)C(=O)O. The van der Waals surface area contributed by atoms with E-state index in [1.165, 1.54) is 22.3 Å². The minimum Gasteiger partial charge on any atom is -0.480 e. The molecule has 7 nitrogen and oxygen atoms in total. The molecule has 2 aromatic carbocycles. The van der Waals surface area contributed by atoms with Gasteiger partial charge in [-0.3, -0.25) is 4.79 Å². The van der Waals surface area contributed by atoms with Crippen molar-refractivity contribution in [2.75, 3.05) is 13.2 Å². The van der Waals surface area contributed by atoms with Gasteiger partial charge in [-0.25, -0.2) is 9.59 Å². The van der Waals surface area contributed by atoms with Crippen molar-refractivity contribution in [1.29, 1.82) is 0 Å². The van der Waals surface area contributed by atoms with Gasteiger partial charge in [0, 0.05) is 18.9 Å². The van der Waals surface area contributed by atoms with Crippen LogP contribution >= 0.6 is 0 Å². The number of hydrogen-bond donors (Lipinski definition) is 3. The second kappa shape index (κ2) is 13.5. The molecule has 188 valence electrons. The Bertz CT molecular complexity index is 961. The number of carbonyl (C=O) groups is 3. The van der Waals surface area contributed by atoms with Crippen LogP contribution in [0.15, 0.2) is 48.5 Å². The van der Waals surface area contributed by atoms with Crippen LogP contribution < -0.4 is 10.6 Å². The summed E-state index contributed by atoms with van der Waals surface area (Å²) in [5.74, 6) is -1.13. The predicted molar refractivity (Wildman–Crippen MR) is 135 cm³/mol. The molecular formula is C28H36N2O5. The minimum absolute atomic E-state index is 0.0538. The molecule has 0 radical (unpaired) electrons. The van der Waals surface area contributed by atoms with Crippen LogP contribution in [-0.4, -0.2) is 42.3 Å². The van der Waals surface area contributed by atoms with E-state index in [1.54, 1.807) is 0 Å². The van der Waals surface area contributed by atoms with Crippen LogP contribution in [0, 0.1) is 0 Å². The molecule has 0 unspecified atom stereocenters. The molecule has 2 amide bonds. The number of alkyl carbamates (subject to hydrolysis) is 1. The molecule has 1 aliphatic rings. The monoisotopic (exact) mass is 480 g/mol. The van der Waals surface area contributed by atoms with E-state index in [-0.39, 0.29) is 11.8 Å². The minimum atomic E-state index is -0.982. The first-order valence-electron chi connectivity index (χ1n) is 12.6. The van der Waals surface area contributed by atoms with Crippen molar-refractivity contribution in [1.82, 2.24) is 10.6 Å². The van der Waals surface area contributed by atoms with Crippen LogP contribution in [0.3, 0.4) is 0 Å². The number of fused-ring (bicyclic) bond motifs is 3. The number of aliphatic carboxylic acids is 1. The Morgan fingerprint density at radius 2 is 1.51 bits per heavy atom. The van der Waals surface area contributed by atoms with Gasteiger partial charge in [-0.05, 0) is 41.5 Å². The first-order chi connectivity index (χ1) is 17.0. The number of ether oxygens (including phenoxy) is 1. The van der Waals surface area contributed by atoms with Crippen LogP contribution in [0.2, 0.25) is 0 Å². The van der Waals surface area contributed by atoms with Gasteiger partial charge in [-0.1, -0.05) is 81.1 Å². The normalized spacial score (nSPS) is 12.9. The first kappa shape index (κ1) is 26.3. The van der Waals surface area contributed by atoms with E-state index in [0.29, 0.717) is 32.4 Å². The van der Waals surface area contributed by atoms with Crippen molar-refractivity contribution in [3.63, 3.8) is 0 Å². The summed E-state index contributed by atoms with van der Waals surface area (Å²) in [4.78, 5) is 35.2. The van der Waals surface area contributed by atoms with Crippen LogP contribution in [-0.2, 0) is 14.3 Å². The van der Waals surface area contributed by atoms with Crippen LogP contribution in [0.1, 0.15) is 75.3 Å². The quantitative estimate of drug-likeness (QED) is 0.321. The summed E-state index contributed by atoms with van der Waals surface area (Å²) in [5.41, 5.74) is 4.80. The van der Waals surface area contributed by atoms with Crippen molar-refractivity contribution in [2.45, 2.75) is 70.3 Å². The third-order valence-electron chi connectivity index (χ3n) is 6.40. The van der Waals surface area contributed by atoms with E-state index < -0.39 is 18.1 Å². The Labute approximate surface area is 207 Å². The molecule has 2 aromatic rings. The number of hydrogen-bond acceptors (Lipinski definition) is 4. The molecule has 0 aliphatic heterocycles. The second-order valence-corrected chi connectivity index (χ2v) is 9.02. The number of amides is 2. The number of benzene rings is 2. The van der Waals surface area contributed by atoms with Crippen molar-refractivity contribution in [3.8, 4) is 11.1 Å². The zero-order valence-electron chi connectivity index (χ0n) is 20.4. The molecule has 0 aromatic heterocycles. The van der Waals surface area contributed by atoms with Crippen molar-refractivity contribution in [3.05, 3.63) is 59.7 Å². The predicted octanol–water partition coefficient (Wildman–Crippen LogP) is 5.24. The molecule has 0 saturated carbocycles. The average Bonchev–Trinajstić information content (AvgIpc) is 3.17. The maximum absolute atomic E-state index is 12.2. The fourth-order valence-corrected chi connectivity index (χ4v) is 4.59. The van der Waals surface area contributed by atoms with Crippen molar-refractivity contribution in [2.24, 2.45) is 0 Å². The lowest BCUT2D eigenvalue weighted by atomic mass is 9.98. The van der Waals surface area contributed by atoms with Gasteiger partial charge in [0.2, 0.25) is 5.91 Å². The van der Waals surface area contributed by atoms with E-state index in [2.05, 4.69) is 34.9 Å². The Morgan fingerprint density at radius 3 is 2.14 bits per heavy atom. The molecule has 3 N–H and O–H groups in total. The second-order valence-electron chi connectivity index (χ2n) is 9.02. The summed E-state index contributed by atoms with van der Waals surface area (Å²) >= 11 is 0. The Kier molecular flexibility index (Phi) is 10.1. The summed E-state index contributed by atoms with van der Waals surface area (Å²) < 4.78 is 5.54. The topological polar surface area (TPSA) is 105 Å². The number of carboxylic acid groups (broad SMARTS) is 1. The van der Waals surface area contributed by atoms with Crippen molar-refractivity contribution >= 4 is 18.0 Å². The van der Waals surface area contributed by atoms with E-state index in [1.807, 2.05) is 31.2 Å². The van der Waals surface area contributed by atoms with Crippen LogP contribution in [0.4, 0.5) is 4.79 Å². The Hall–Kier alpha value is -3.35. The van der Waals surface area contributed by atoms with E-state index in [9.17, 15) is 14.4 Å². The number of carboxylic acids is 1. The zero-order chi connectivity index (χ0) is 25.0. The summed E-state index contributed by atoms with van der Waals surface area (Å²) in [5, 5.41) is 14.5. The van der Waals surface area contributed by atoms with Gasteiger partial charge in [-0.15, -0.1) is 0 Å². The Morgan fingerprint density at radius 1 is 0.914 bits per heavy atom. The zero-order valence-corrected chi connectivity index (χ0v) is 20.4. The lowest BCUT2D eigenvalue weighted by molar-refractivity contribution is -0.142. The smallest absolute Gasteiger partial charge is 0.407 e. The molecule has 0 spiro atoms. The van der Waals surface area contributed by atoms with Gasteiger partial charge in [-0.2, -0.15) is 0 Å². The van der Waals surface area contributed by atoms with Gasteiger partial charge in [0.05, 0.1) is 0 Å². The highest BCUT2D eigenvalue weighted by molar-refractivity contribution is 5.83. The fourth-order valence-electron chi connectivity index (χ4n) is 4.59. The molecule has 1 aliphatic carbocycles. The van der Waals surface area contributed by atoms with Crippen LogP contribution in [0.5, 0.6) is 0 Å². The largest absolute Gasteiger partial charge is 0.480 e. The standard InChI is InChI=1S/C28H36N2O5/c1-2-12-25(27(32)33)30-26(31)17-6-4-3-5-11-18-29-28(34)35-19-24-22-15-9-7-13-20(22)21-14-8-10-16-23(21)24/h7-10,13-16,24-25H,2-6,11-12,17-19H2,1H3,(H,29,34)(H,30,31)(H,32,33)/t25-/m1/s1. The third-order valence-corrected chi connectivity index (χ3v) is 6.40. The first-order valence-corrected chi connectivity index (χ1v) is 12.6. The van der Waals surface area contributed by atoms with Gasteiger partial charge in [0.1, 0.15) is 12.6 Å². The van der Waals surface area contributed by atoms with Crippen LogP contribution in [0.25, 0.3) is 11.1 Å². The molecule has 0 heterocycles. The molecule has 35 heavy (non-hydrogen) atoms. The summed E-state index contributed by atoms with van der Waals surface area (Å²) in [6, 6.07) is 15.7. The molecule has 0 saturated heterocycles. The molecule has 7 heteroatoms. The average molecular weight is 481 g/mol. The van der Waals surface area contributed by atoms with E-state index in [4.69, 9.17) is 9.84 Å². The molecule has 1 atom stereocenters. The maximum atomic E-state index is 12.2. The van der Waals surface area contributed by atoms with Gasteiger partial charge in [0.15, 0.2) is 0 Å². The molecular weight excluding hydrogens is 444 g/mol. The van der Waals surface area contributed by atoms with Gasteiger partial charge >= 0.3 is 12.1 Å². The highest BCUT2D eigenvalue weighted by atomic mass is 16.5. The maximum Gasteiger partial charge on any atom is 0.407 e. The number of unbranched alkanes of at least 4 members (excludes halogenated alkanes) is 4. The summed E-state index contributed by atoms with van der Waals surface area (Å²) in [6.45, 7) is 2.75. The number of carbonyl (C=O) groups excluding carboxylic acids is 2. The van der Waals surface area contributed by atoms with E-state index in [0.717, 1.165) is 32.1 Å². The fraction of sp³-hybridized carbons (Fsp3) is 0.464. The third kappa shape index (κ3) is 7.57. The number of nitrogens with one attached hydrogen (secondary N) is 2.